The van der Waals surface area contributed by atoms with Crippen LogP contribution in [0.4, 0.5) is 5.69 Å². The number of amides is 1. The smallest absolute Gasteiger partial charge is 0.407 e. The Morgan fingerprint density at radius 3 is 2.96 bits per heavy atom. The summed E-state index contributed by atoms with van der Waals surface area (Å²) in [4.78, 5) is 38.6. The number of oxazole rings is 1. The van der Waals surface area contributed by atoms with Gasteiger partial charge in [0, 0.05) is 17.5 Å². The summed E-state index contributed by atoms with van der Waals surface area (Å²) in [5.74, 6) is -0.859. The van der Waals surface area contributed by atoms with Crippen LogP contribution in [0.2, 0.25) is 0 Å². The first-order valence-corrected chi connectivity index (χ1v) is 9.51. The first-order valence-electron chi connectivity index (χ1n) is 8.63. The van der Waals surface area contributed by atoms with Crippen LogP contribution in [-0.4, -0.2) is 26.8 Å². The maximum Gasteiger partial charge on any atom is 0.420 e. The Morgan fingerprint density at radius 2 is 2.22 bits per heavy atom. The van der Waals surface area contributed by atoms with Crippen molar-refractivity contribution in [3.05, 3.63) is 60.8 Å². The number of carbonyl (C=O) groups is 1. The van der Waals surface area contributed by atoms with Crippen LogP contribution in [0.1, 0.15) is 29.8 Å². The van der Waals surface area contributed by atoms with Gasteiger partial charge in [-0.3, -0.25) is 19.5 Å². The molecule has 8 nitrogen and oxygen atoms in total. The van der Waals surface area contributed by atoms with E-state index in [4.69, 9.17) is 4.42 Å². The SMILES string of the molecule is CCC1c2ccsc2CCN1C(=O)Cn1c(=O)oc2cc([N+](=O)[O-])ccc21. The summed E-state index contributed by atoms with van der Waals surface area (Å²) in [7, 11) is 0. The first-order chi connectivity index (χ1) is 13.0. The molecule has 2 aromatic heterocycles. The van der Waals surface area contributed by atoms with Crippen LogP contribution in [0, 0.1) is 10.1 Å². The van der Waals surface area contributed by atoms with E-state index in [9.17, 15) is 19.7 Å². The minimum Gasteiger partial charge on any atom is -0.407 e. The van der Waals surface area contributed by atoms with Crippen molar-refractivity contribution in [2.45, 2.75) is 32.4 Å². The molecule has 0 spiro atoms. The van der Waals surface area contributed by atoms with Gasteiger partial charge in [0.25, 0.3) is 5.69 Å². The quantitative estimate of drug-likeness (QED) is 0.506. The number of fused-ring (bicyclic) bond motifs is 2. The van der Waals surface area contributed by atoms with Gasteiger partial charge in [0.15, 0.2) is 5.58 Å². The fourth-order valence-corrected chi connectivity index (χ4v) is 4.61. The molecule has 1 aliphatic heterocycles. The molecule has 140 valence electrons. The molecule has 0 fully saturated rings. The van der Waals surface area contributed by atoms with Gasteiger partial charge in [-0.2, -0.15) is 0 Å². The number of non-ortho nitro benzene ring substituents is 1. The second-order valence-corrected chi connectivity index (χ2v) is 7.42. The van der Waals surface area contributed by atoms with E-state index in [0.29, 0.717) is 12.1 Å². The van der Waals surface area contributed by atoms with E-state index in [1.807, 2.05) is 17.2 Å². The molecule has 0 saturated carbocycles. The highest BCUT2D eigenvalue weighted by molar-refractivity contribution is 7.10. The minimum absolute atomic E-state index is 0.00227. The van der Waals surface area contributed by atoms with Gasteiger partial charge in [0.1, 0.15) is 6.54 Å². The van der Waals surface area contributed by atoms with Crippen LogP contribution in [0.15, 0.2) is 38.9 Å². The lowest BCUT2D eigenvalue weighted by atomic mass is 9.98. The van der Waals surface area contributed by atoms with E-state index in [0.717, 1.165) is 12.8 Å². The van der Waals surface area contributed by atoms with E-state index in [-0.39, 0.29) is 29.8 Å². The van der Waals surface area contributed by atoms with Crippen molar-refractivity contribution in [2.75, 3.05) is 6.54 Å². The highest BCUT2D eigenvalue weighted by Gasteiger charge is 2.31. The number of carbonyl (C=O) groups excluding carboxylic acids is 1. The first kappa shape index (κ1) is 17.5. The fraction of sp³-hybridized carbons (Fsp3) is 0.333. The van der Waals surface area contributed by atoms with Crippen molar-refractivity contribution in [1.29, 1.82) is 0 Å². The normalized spacial score (nSPS) is 16.5. The largest absolute Gasteiger partial charge is 0.420 e. The van der Waals surface area contributed by atoms with Crippen molar-refractivity contribution in [3.8, 4) is 0 Å². The summed E-state index contributed by atoms with van der Waals surface area (Å²) in [5, 5.41) is 12.9. The van der Waals surface area contributed by atoms with Gasteiger partial charge in [-0.25, -0.2) is 4.79 Å². The Hall–Kier alpha value is -2.94. The molecule has 0 N–H and O–H groups in total. The molecule has 1 aromatic carbocycles. The number of nitro benzene ring substituents is 1. The van der Waals surface area contributed by atoms with E-state index in [1.165, 1.54) is 33.2 Å². The van der Waals surface area contributed by atoms with Crippen LogP contribution in [0.5, 0.6) is 0 Å². The Kier molecular flexibility index (Phi) is 4.31. The van der Waals surface area contributed by atoms with Crippen molar-refractivity contribution in [2.24, 2.45) is 0 Å². The van der Waals surface area contributed by atoms with Crippen LogP contribution >= 0.6 is 11.3 Å². The van der Waals surface area contributed by atoms with Gasteiger partial charge >= 0.3 is 5.76 Å². The van der Waals surface area contributed by atoms with E-state index >= 15 is 0 Å². The predicted molar refractivity (Wildman–Crippen MR) is 99.9 cm³/mol. The third kappa shape index (κ3) is 2.93. The Morgan fingerprint density at radius 1 is 1.41 bits per heavy atom. The third-order valence-corrected chi connectivity index (χ3v) is 5.95. The van der Waals surface area contributed by atoms with Crippen molar-refractivity contribution in [1.82, 2.24) is 9.47 Å². The van der Waals surface area contributed by atoms with E-state index in [1.54, 1.807) is 11.3 Å². The molecule has 0 saturated heterocycles. The molecule has 0 bridgehead atoms. The second-order valence-electron chi connectivity index (χ2n) is 6.42. The predicted octanol–water partition coefficient (Wildman–Crippen LogP) is 3.10. The number of hydrogen-bond acceptors (Lipinski definition) is 6. The standard InChI is InChI=1S/C18H17N3O5S/c1-2-13-12-6-8-27-16(12)5-7-19(13)17(22)10-20-14-4-3-11(21(24)25)9-15(14)26-18(20)23/h3-4,6,8-9,13H,2,5,7,10H2,1H3. The van der Waals surface area contributed by atoms with Crippen molar-refractivity contribution < 1.29 is 14.1 Å². The zero-order valence-electron chi connectivity index (χ0n) is 14.6. The topological polar surface area (TPSA) is 98.6 Å². The maximum atomic E-state index is 13.0. The number of thiophene rings is 1. The summed E-state index contributed by atoms with van der Waals surface area (Å²) in [6.45, 7) is 2.50. The molecule has 1 unspecified atom stereocenters. The van der Waals surface area contributed by atoms with Gasteiger partial charge in [-0.15, -0.1) is 11.3 Å². The van der Waals surface area contributed by atoms with Gasteiger partial charge < -0.3 is 9.32 Å². The highest BCUT2D eigenvalue weighted by atomic mass is 32.1. The molecule has 9 heteroatoms. The summed E-state index contributed by atoms with van der Waals surface area (Å²) in [6, 6.07) is 6.00. The summed E-state index contributed by atoms with van der Waals surface area (Å²) in [6.07, 6.45) is 1.60. The second kappa shape index (κ2) is 6.66. The average molecular weight is 387 g/mol. The highest BCUT2D eigenvalue weighted by Crippen LogP contribution is 2.35. The average Bonchev–Trinajstić information content (AvgIpc) is 3.24. The molecule has 3 heterocycles. The molecule has 0 aliphatic carbocycles. The third-order valence-electron chi connectivity index (χ3n) is 4.96. The minimum atomic E-state index is -0.694. The number of nitrogens with zero attached hydrogens (tertiary/aromatic N) is 3. The lowest BCUT2D eigenvalue weighted by Crippen LogP contribution is -2.42. The molecule has 4 rings (SSSR count). The Labute approximate surface area is 157 Å². The molecular weight excluding hydrogens is 370 g/mol. The van der Waals surface area contributed by atoms with Gasteiger partial charge in [0.2, 0.25) is 5.91 Å². The van der Waals surface area contributed by atoms with Crippen molar-refractivity contribution >= 4 is 34.0 Å². The van der Waals surface area contributed by atoms with Gasteiger partial charge in [0.05, 0.1) is 22.5 Å². The Balaban J connectivity index is 1.64. The zero-order valence-corrected chi connectivity index (χ0v) is 15.4. The van der Waals surface area contributed by atoms with Gasteiger partial charge in [-0.05, 0) is 35.9 Å². The zero-order chi connectivity index (χ0) is 19.1. The number of benzene rings is 1. The van der Waals surface area contributed by atoms with Gasteiger partial charge in [-0.1, -0.05) is 6.92 Å². The molecular formula is C18H17N3O5S. The Bertz CT molecular complexity index is 1100. The molecule has 1 atom stereocenters. The number of rotatable bonds is 4. The molecule has 1 aliphatic rings. The number of nitro groups is 1. The fourth-order valence-electron chi connectivity index (χ4n) is 3.68. The number of hydrogen-bond donors (Lipinski definition) is 0. The van der Waals surface area contributed by atoms with E-state index < -0.39 is 10.7 Å². The maximum absolute atomic E-state index is 13.0. The van der Waals surface area contributed by atoms with Crippen molar-refractivity contribution in [3.63, 3.8) is 0 Å². The van der Waals surface area contributed by atoms with E-state index in [2.05, 4.69) is 6.07 Å². The molecule has 1 amide bonds. The molecule has 0 radical (unpaired) electrons. The van der Waals surface area contributed by atoms with Crippen LogP contribution in [0.25, 0.3) is 11.1 Å². The summed E-state index contributed by atoms with van der Waals surface area (Å²) in [5.41, 5.74) is 1.50. The van der Waals surface area contributed by atoms with Crippen LogP contribution < -0.4 is 5.76 Å². The van der Waals surface area contributed by atoms with Crippen LogP contribution in [-0.2, 0) is 17.8 Å². The lowest BCUT2D eigenvalue weighted by molar-refractivity contribution is -0.384. The molecule has 27 heavy (non-hydrogen) atoms. The van der Waals surface area contributed by atoms with Crippen LogP contribution in [0.3, 0.4) is 0 Å². The molecule has 3 aromatic rings. The summed E-state index contributed by atoms with van der Waals surface area (Å²) >= 11 is 1.71. The monoisotopic (exact) mass is 387 g/mol. The lowest BCUT2D eigenvalue weighted by Gasteiger charge is -2.35. The summed E-state index contributed by atoms with van der Waals surface area (Å²) < 4.78 is 6.34. The number of aromatic nitrogens is 1.